The van der Waals surface area contributed by atoms with Crippen molar-refractivity contribution in [3.8, 4) is 0 Å². The molecule has 0 N–H and O–H groups in total. The summed E-state index contributed by atoms with van der Waals surface area (Å²) in [5.74, 6) is 0.777. The molecule has 0 aromatic carbocycles. The van der Waals surface area contributed by atoms with Gasteiger partial charge >= 0.3 is 6.47 Å². The number of rotatable bonds is 7. The van der Waals surface area contributed by atoms with Crippen LogP contribution in [0.5, 0.6) is 0 Å². The van der Waals surface area contributed by atoms with Crippen molar-refractivity contribution in [3.63, 3.8) is 0 Å². The highest BCUT2D eigenvalue weighted by atomic mass is 16.5. The van der Waals surface area contributed by atoms with E-state index in [1.54, 1.807) is 0 Å². The highest BCUT2D eigenvalue weighted by Gasteiger charge is 2.01. The molecule has 0 aliphatic carbocycles. The van der Waals surface area contributed by atoms with Crippen LogP contribution in [0.1, 0.15) is 46.5 Å². The molecule has 0 bridgehead atoms. The summed E-state index contributed by atoms with van der Waals surface area (Å²) < 4.78 is 4.64. The van der Waals surface area contributed by atoms with Crippen LogP contribution in [0.2, 0.25) is 0 Å². The lowest BCUT2D eigenvalue weighted by Crippen LogP contribution is -2.06. The minimum Gasteiger partial charge on any atom is -0.454 e. The van der Waals surface area contributed by atoms with Crippen LogP contribution in [0.4, 0.5) is 0 Å². The van der Waals surface area contributed by atoms with Gasteiger partial charge < -0.3 is 4.74 Å². The van der Waals surface area contributed by atoms with Gasteiger partial charge in [-0.05, 0) is 25.7 Å². The van der Waals surface area contributed by atoms with Crippen molar-refractivity contribution in [3.05, 3.63) is 0 Å². The van der Waals surface area contributed by atoms with Crippen LogP contribution < -0.4 is 0 Å². The van der Waals surface area contributed by atoms with E-state index in [0.717, 1.165) is 18.8 Å². The molecule has 1 radical (unpaired) electrons. The Morgan fingerprint density at radius 1 is 1.17 bits per heavy atom. The van der Waals surface area contributed by atoms with E-state index in [4.69, 9.17) is 0 Å². The van der Waals surface area contributed by atoms with E-state index in [2.05, 4.69) is 18.6 Å². The van der Waals surface area contributed by atoms with Crippen LogP contribution in [0.3, 0.4) is 0 Å². The zero-order valence-corrected chi connectivity index (χ0v) is 8.30. The number of ether oxygens (including phenoxy) is 1. The zero-order chi connectivity index (χ0) is 9.40. The molecule has 0 amide bonds. The van der Waals surface area contributed by atoms with E-state index in [9.17, 15) is 4.79 Å². The molecule has 0 saturated carbocycles. The first-order chi connectivity index (χ1) is 5.66. The Bertz CT molecular complexity index is 110. The average molecular weight is 171 g/mol. The molecule has 12 heavy (non-hydrogen) atoms. The van der Waals surface area contributed by atoms with Gasteiger partial charge in [0, 0.05) is 0 Å². The second kappa shape index (κ2) is 7.14. The van der Waals surface area contributed by atoms with Crippen molar-refractivity contribution in [2.45, 2.75) is 52.6 Å². The third kappa shape index (κ3) is 7.58. The van der Waals surface area contributed by atoms with Crippen molar-refractivity contribution in [2.24, 2.45) is 5.92 Å². The lowest BCUT2D eigenvalue weighted by molar-refractivity contribution is 0.180. The molecule has 0 aliphatic rings. The Hall–Kier alpha value is -0.530. The Kier molecular flexibility index (Phi) is 6.82. The second-order valence-corrected chi connectivity index (χ2v) is 3.69. The predicted octanol–water partition coefficient (Wildman–Crippen LogP) is 2.68. The van der Waals surface area contributed by atoms with Gasteiger partial charge in [-0.3, -0.25) is 0 Å². The van der Waals surface area contributed by atoms with Crippen LogP contribution in [0.15, 0.2) is 0 Å². The molecular weight excluding hydrogens is 152 g/mol. The van der Waals surface area contributed by atoms with Crippen molar-refractivity contribution in [1.82, 2.24) is 0 Å². The lowest BCUT2D eigenvalue weighted by Gasteiger charge is -2.08. The molecule has 1 atom stereocenters. The molecule has 0 spiro atoms. The summed E-state index contributed by atoms with van der Waals surface area (Å²) in [7, 11) is 0. The normalized spacial score (nSPS) is 13.0. The molecule has 71 valence electrons. The average Bonchev–Trinajstić information content (AvgIpc) is 1.98. The van der Waals surface area contributed by atoms with Gasteiger partial charge in [0.05, 0.1) is 6.10 Å². The molecule has 0 rings (SSSR count). The summed E-state index contributed by atoms with van der Waals surface area (Å²) in [6.45, 7) is 7.81. The maximum atomic E-state index is 9.81. The Morgan fingerprint density at radius 3 is 2.25 bits per heavy atom. The Morgan fingerprint density at radius 2 is 1.75 bits per heavy atom. The Balaban J connectivity index is 3.13. The smallest absolute Gasteiger partial charge is 0.417 e. The summed E-state index contributed by atoms with van der Waals surface area (Å²) in [5, 5.41) is 0. The standard InChI is InChI=1S/C10H19O2/c1-9(2)6-4-5-7-10(3)12-8-11/h9-10H,4-7H2,1-3H3. The Labute approximate surface area is 75.3 Å². The van der Waals surface area contributed by atoms with Crippen LogP contribution in [0.25, 0.3) is 0 Å². The summed E-state index contributed by atoms with van der Waals surface area (Å²) in [6, 6.07) is 0. The quantitative estimate of drug-likeness (QED) is 0.550. The fourth-order valence-corrected chi connectivity index (χ4v) is 1.13. The van der Waals surface area contributed by atoms with Crippen LogP contribution in [0, 0.1) is 5.92 Å². The number of hydrogen-bond acceptors (Lipinski definition) is 2. The van der Waals surface area contributed by atoms with E-state index in [-0.39, 0.29) is 6.10 Å². The second-order valence-electron chi connectivity index (χ2n) is 3.69. The van der Waals surface area contributed by atoms with E-state index in [0.29, 0.717) is 0 Å². The molecule has 0 heterocycles. The maximum absolute atomic E-state index is 9.81. The lowest BCUT2D eigenvalue weighted by atomic mass is 10.0. The molecule has 0 aliphatic heterocycles. The van der Waals surface area contributed by atoms with E-state index in [1.165, 1.54) is 19.3 Å². The molecule has 0 aromatic heterocycles. The minimum atomic E-state index is 0.0367. The predicted molar refractivity (Wildman–Crippen MR) is 49.5 cm³/mol. The number of carbonyl (C=O) groups excluding carboxylic acids is 1. The summed E-state index contributed by atoms with van der Waals surface area (Å²) >= 11 is 0. The largest absolute Gasteiger partial charge is 0.454 e. The first-order valence-corrected chi connectivity index (χ1v) is 4.69. The minimum absolute atomic E-state index is 0.0367. The fourth-order valence-electron chi connectivity index (χ4n) is 1.13. The third-order valence-electron chi connectivity index (χ3n) is 1.89. The van der Waals surface area contributed by atoms with Gasteiger partial charge in [-0.2, -0.15) is 0 Å². The molecule has 0 aromatic rings. The molecular formula is C10H19O2. The van der Waals surface area contributed by atoms with Crippen molar-refractivity contribution >= 4 is 6.47 Å². The van der Waals surface area contributed by atoms with Crippen molar-refractivity contribution in [2.75, 3.05) is 0 Å². The van der Waals surface area contributed by atoms with Crippen molar-refractivity contribution in [1.29, 1.82) is 0 Å². The summed E-state index contributed by atoms with van der Waals surface area (Å²) in [4.78, 5) is 9.81. The molecule has 1 unspecified atom stereocenters. The fraction of sp³-hybridized carbons (Fsp3) is 0.900. The third-order valence-corrected chi connectivity index (χ3v) is 1.89. The number of hydrogen-bond donors (Lipinski definition) is 0. The van der Waals surface area contributed by atoms with Crippen molar-refractivity contribution < 1.29 is 9.53 Å². The van der Waals surface area contributed by atoms with E-state index < -0.39 is 0 Å². The van der Waals surface area contributed by atoms with Gasteiger partial charge in [0.25, 0.3) is 0 Å². The first kappa shape index (κ1) is 11.5. The van der Waals surface area contributed by atoms with Crippen LogP contribution in [-0.2, 0) is 9.53 Å². The summed E-state index contributed by atoms with van der Waals surface area (Å²) in [6.07, 6.45) is 4.62. The SMILES string of the molecule is CC(C)CCCCC(C)O[C]=O. The highest BCUT2D eigenvalue weighted by molar-refractivity contribution is 5.38. The van der Waals surface area contributed by atoms with Gasteiger partial charge in [0.1, 0.15) is 0 Å². The van der Waals surface area contributed by atoms with Crippen LogP contribution >= 0.6 is 0 Å². The van der Waals surface area contributed by atoms with E-state index in [1.807, 2.05) is 6.92 Å². The van der Waals surface area contributed by atoms with Gasteiger partial charge in [-0.15, -0.1) is 0 Å². The van der Waals surface area contributed by atoms with E-state index >= 15 is 0 Å². The molecule has 2 nitrogen and oxygen atoms in total. The summed E-state index contributed by atoms with van der Waals surface area (Å²) in [5.41, 5.74) is 0. The van der Waals surface area contributed by atoms with Gasteiger partial charge in [-0.1, -0.05) is 26.7 Å². The first-order valence-electron chi connectivity index (χ1n) is 4.69. The zero-order valence-electron chi connectivity index (χ0n) is 8.30. The molecule has 0 fully saturated rings. The van der Waals surface area contributed by atoms with Crippen LogP contribution in [-0.4, -0.2) is 12.6 Å². The molecule has 2 heteroatoms. The number of unbranched alkanes of at least 4 members (excludes halogenated alkanes) is 1. The van der Waals surface area contributed by atoms with Gasteiger partial charge in [-0.25, -0.2) is 4.79 Å². The van der Waals surface area contributed by atoms with Gasteiger partial charge in [0.15, 0.2) is 0 Å². The monoisotopic (exact) mass is 171 g/mol. The highest BCUT2D eigenvalue weighted by Crippen LogP contribution is 2.10. The maximum Gasteiger partial charge on any atom is 0.417 e. The topological polar surface area (TPSA) is 26.3 Å². The molecule has 0 saturated heterocycles. The van der Waals surface area contributed by atoms with Gasteiger partial charge in [0.2, 0.25) is 0 Å².